The molecule has 0 bridgehead atoms. The molecule has 1 unspecified atom stereocenters. The van der Waals surface area contributed by atoms with Crippen molar-refractivity contribution < 1.29 is 32.9 Å². The second-order valence-corrected chi connectivity index (χ2v) is 6.86. The number of hydrogen-bond donors (Lipinski definition) is 1. The molecule has 2 heterocycles. The first-order valence-electron chi connectivity index (χ1n) is 10.7. The number of ether oxygens (including phenoxy) is 5. The standard InChI is InChI=1S/C23H25N3O7/c1-4-28-17-11-14(12-18(29-5-2)20(17)30-6-3)21(27)24-23-26-25-22(33-23)19-13-31-15-9-7-8-10-16(15)32-19/h7-12,19H,4-6,13H2,1-3H3,(H,24,26,27). The molecule has 0 radical (unpaired) electrons. The molecule has 0 fully saturated rings. The van der Waals surface area contributed by atoms with E-state index >= 15 is 0 Å². The number of carbonyl (C=O) groups is 1. The smallest absolute Gasteiger partial charge is 0.322 e. The Bertz CT molecular complexity index is 1090. The highest BCUT2D eigenvalue weighted by Crippen LogP contribution is 2.39. The number of anilines is 1. The zero-order valence-electron chi connectivity index (χ0n) is 18.6. The lowest BCUT2D eigenvalue weighted by atomic mass is 10.1. The van der Waals surface area contributed by atoms with Crippen molar-refractivity contribution in [1.29, 1.82) is 0 Å². The third-order valence-corrected chi connectivity index (χ3v) is 4.62. The van der Waals surface area contributed by atoms with E-state index in [9.17, 15) is 4.79 Å². The first kappa shape index (κ1) is 22.3. The van der Waals surface area contributed by atoms with Gasteiger partial charge in [-0.15, -0.1) is 5.10 Å². The van der Waals surface area contributed by atoms with Gasteiger partial charge in [-0.25, -0.2) is 0 Å². The average Bonchev–Trinajstić information content (AvgIpc) is 3.29. The number of benzene rings is 2. The predicted molar refractivity (Wildman–Crippen MR) is 118 cm³/mol. The van der Waals surface area contributed by atoms with Crippen LogP contribution in [-0.4, -0.2) is 42.5 Å². The summed E-state index contributed by atoms with van der Waals surface area (Å²) in [6.07, 6.45) is -0.586. The maximum atomic E-state index is 12.9. The normalized spacial score (nSPS) is 14.5. The number of nitrogens with one attached hydrogen (secondary N) is 1. The third kappa shape index (κ3) is 4.94. The second-order valence-electron chi connectivity index (χ2n) is 6.86. The van der Waals surface area contributed by atoms with E-state index in [2.05, 4.69) is 15.5 Å². The summed E-state index contributed by atoms with van der Waals surface area (Å²) < 4.78 is 34.1. The van der Waals surface area contributed by atoms with Gasteiger partial charge in [0.05, 0.1) is 19.8 Å². The average molecular weight is 455 g/mol. The number of fused-ring (bicyclic) bond motifs is 1. The minimum Gasteiger partial charge on any atom is -0.490 e. The van der Waals surface area contributed by atoms with Crippen LogP contribution in [0, 0.1) is 0 Å². The maximum absolute atomic E-state index is 12.9. The highest BCUT2D eigenvalue weighted by molar-refractivity contribution is 6.04. The van der Waals surface area contributed by atoms with Gasteiger partial charge >= 0.3 is 6.01 Å². The van der Waals surface area contributed by atoms with Crippen molar-refractivity contribution in [3.05, 3.63) is 47.9 Å². The number of amides is 1. The van der Waals surface area contributed by atoms with Crippen molar-refractivity contribution in [3.63, 3.8) is 0 Å². The molecule has 3 aromatic rings. The molecular weight excluding hydrogens is 430 g/mol. The molecule has 10 nitrogen and oxygen atoms in total. The zero-order valence-corrected chi connectivity index (χ0v) is 18.6. The molecule has 33 heavy (non-hydrogen) atoms. The van der Waals surface area contributed by atoms with Crippen LogP contribution in [0.15, 0.2) is 40.8 Å². The Hall–Kier alpha value is -3.95. The third-order valence-electron chi connectivity index (χ3n) is 4.62. The number of aromatic nitrogens is 2. The lowest BCUT2D eigenvalue weighted by Crippen LogP contribution is -2.21. The van der Waals surface area contributed by atoms with Gasteiger partial charge in [0.2, 0.25) is 11.9 Å². The Morgan fingerprint density at radius 2 is 1.67 bits per heavy atom. The van der Waals surface area contributed by atoms with Gasteiger partial charge in [0.25, 0.3) is 11.8 Å². The number of carbonyl (C=O) groups excluding carboxylic acids is 1. The fourth-order valence-electron chi connectivity index (χ4n) is 3.25. The lowest BCUT2D eigenvalue weighted by Gasteiger charge is -2.23. The van der Waals surface area contributed by atoms with Crippen molar-refractivity contribution in [2.45, 2.75) is 26.9 Å². The molecule has 1 aliphatic heterocycles. The Balaban J connectivity index is 1.51. The van der Waals surface area contributed by atoms with Crippen LogP contribution in [-0.2, 0) is 0 Å². The minimum atomic E-state index is -0.586. The van der Waals surface area contributed by atoms with E-state index in [1.54, 1.807) is 18.2 Å². The van der Waals surface area contributed by atoms with Crippen LogP contribution >= 0.6 is 0 Å². The van der Waals surface area contributed by atoms with Crippen molar-refractivity contribution >= 4 is 11.9 Å². The molecule has 1 N–H and O–H groups in total. The number of para-hydroxylation sites is 2. The lowest BCUT2D eigenvalue weighted by molar-refractivity contribution is 0.0716. The van der Waals surface area contributed by atoms with Crippen LogP contribution in [0.5, 0.6) is 28.7 Å². The molecule has 1 amide bonds. The van der Waals surface area contributed by atoms with Gasteiger partial charge < -0.3 is 28.1 Å². The summed E-state index contributed by atoms with van der Waals surface area (Å²) in [5.74, 6) is 2.22. The molecule has 0 saturated heterocycles. The van der Waals surface area contributed by atoms with Gasteiger partial charge in [0.15, 0.2) is 23.0 Å². The van der Waals surface area contributed by atoms with Crippen LogP contribution in [0.1, 0.15) is 43.1 Å². The Morgan fingerprint density at radius 1 is 1.00 bits per heavy atom. The van der Waals surface area contributed by atoms with Gasteiger partial charge in [0.1, 0.15) is 6.61 Å². The molecule has 174 valence electrons. The molecule has 0 saturated carbocycles. The summed E-state index contributed by atoms with van der Waals surface area (Å²) in [5, 5.41) is 10.5. The van der Waals surface area contributed by atoms with Crippen LogP contribution in [0.2, 0.25) is 0 Å². The van der Waals surface area contributed by atoms with E-state index in [0.29, 0.717) is 48.6 Å². The summed E-state index contributed by atoms with van der Waals surface area (Å²) in [6.45, 7) is 6.98. The highest BCUT2D eigenvalue weighted by atomic mass is 16.6. The van der Waals surface area contributed by atoms with Crippen LogP contribution in [0.4, 0.5) is 6.01 Å². The Morgan fingerprint density at radius 3 is 2.33 bits per heavy atom. The predicted octanol–water partition coefficient (Wildman–Crippen LogP) is 4.03. The minimum absolute atomic E-state index is 0.0673. The molecule has 1 atom stereocenters. The summed E-state index contributed by atoms with van der Waals surface area (Å²) in [7, 11) is 0. The van der Waals surface area contributed by atoms with Crippen molar-refractivity contribution in [1.82, 2.24) is 10.2 Å². The SMILES string of the molecule is CCOc1cc(C(=O)Nc2nnc(C3COc4ccccc4O3)o2)cc(OCC)c1OCC. The van der Waals surface area contributed by atoms with E-state index in [-0.39, 0.29) is 24.1 Å². The monoisotopic (exact) mass is 455 g/mol. The maximum Gasteiger partial charge on any atom is 0.322 e. The van der Waals surface area contributed by atoms with Gasteiger partial charge in [-0.3, -0.25) is 10.1 Å². The molecular formula is C23H25N3O7. The summed E-state index contributed by atoms with van der Waals surface area (Å²) in [6, 6.07) is 10.4. The largest absolute Gasteiger partial charge is 0.490 e. The fraction of sp³-hybridized carbons (Fsp3) is 0.348. The van der Waals surface area contributed by atoms with Crippen molar-refractivity contribution in [3.8, 4) is 28.7 Å². The van der Waals surface area contributed by atoms with Crippen LogP contribution < -0.4 is 29.0 Å². The van der Waals surface area contributed by atoms with Gasteiger partial charge in [-0.1, -0.05) is 17.2 Å². The fourth-order valence-corrected chi connectivity index (χ4v) is 3.25. The zero-order chi connectivity index (χ0) is 23.2. The molecule has 1 aromatic heterocycles. The first-order valence-corrected chi connectivity index (χ1v) is 10.7. The van der Waals surface area contributed by atoms with Gasteiger partial charge in [-0.05, 0) is 45.0 Å². The van der Waals surface area contributed by atoms with E-state index in [4.69, 9.17) is 28.1 Å². The summed E-state index contributed by atoms with van der Waals surface area (Å²) in [4.78, 5) is 12.9. The van der Waals surface area contributed by atoms with E-state index in [1.165, 1.54) is 0 Å². The molecule has 10 heteroatoms. The molecule has 4 rings (SSSR count). The van der Waals surface area contributed by atoms with Crippen molar-refractivity contribution in [2.75, 3.05) is 31.7 Å². The summed E-state index contributed by atoms with van der Waals surface area (Å²) in [5.41, 5.74) is 0.288. The van der Waals surface area contributed by atoms with Crippen LogP contribution in [0.3, 0.4) is 0 Å². The van der Waals surface area contributed by atoms with E-state index in [0.717, 1.165) is 0 Å². The molecule has 0 spiro atoms. The van der Waals surface area contributed by atoms with Gasteiger partial charge in [-0.2, -0.15) is 0 Å². The molecule has 2 aromatic carbocycles. The van der Waals surface area contributed by atoms with E-state index < -0.39 is 12.0 Å². The topological polar surface area (TPSA) is 114 Å². The van der Waals surface area contributed by atoms with Crippen molar-refractivity contribution in [2.24, 2.45) is 0 Å². The number of rotatable bonds is 9. The molecule has 1 aliphatic rings. The Kier molecular flexibility index (Phi) is 6.82. The first-order chi connectivity index (χ1) is 16.1. The highest BCUT2D eigenvalue weighted by Gasteiger charge is 2.28. The summed E-state index contributed by atoms with van der Waals surface area (Å²) >= 11 is 0. The molecule has 0 aliphatic carbocycles. The Labute approximate surface area is 190 Å². The van der Waals surface area contributed by atoms with E-state index in [1.807, 2.05) is 39.0 Å². The quantitative estimate of drug-likeness (QED) is 0.511. The number of hydrogen-bond acceptors (Lipinski definition) is 9. The van der Waals surface area contributed by atoms with Crippen LogP contribution in [0.25, 0.3) is 0 Å². The second kappa shape index (κ2) is 10.1. The number of nitrogens with zero attached hydrogens (tertiary/aromatic N) is 2. The van der Waals surface area contributed by atoms with Gasteiger partial charge in [0, 0.05) is 5.56 Å².